The van der Waals surface area contributed by atoms with Crippen LogP contribution >= 0.6 is 23.2 Å². The van der Waals surface area contributed by atoms with Crippen LogP contribution in [0.5, 0.6) is 0 Å². The van der Waals surface area contributed by atoms with E-state index in [1.807, 2.05) is 0 Å². The van der Waals surface area contributed by atoms with Crippen molar-refractivity contribution in [2.75, 3.05) is 0 Å². The van der Waals surface area contributed by atoms with Crippen LogP contribution in [0, 0.1) is 6.92 Å². The number of benzene rings is 1. The highest BCUT2D eigenvalue weighted by Gasteiger charge is 2.21. The van der Waals surface area contributed by atoms with Crippen LogP contribution in [0.1, 0.15) is 26.5 Å². The fourth-order valence-corrected chi connectivity index (χ4v) is 2.30. The molecule has 0 fully saturated rings. The quantitative estimate of drug-likeness (QED) is 0.744. The maximum Gasteiger partial charge on any atom is 0.435 e. The minimum absolute atomic E-state index is 0.483. The molecular weight excluding hydrogens is 311 g/mol. The summed E-state index contributed by atoms with van der Waals surface area (Å²) in [4.78, 5) is 12.1. The first-order valence-electron chi connectivity index (χ1n) is 6.43. The van der Waals surface area contributed by atoms with Crippen LogP contribution in [-0.2, 0) is 4.74 Å². The number of hydrogen-bond acceptors (Lipinski definition) is 3. The number of carbonyl (C=O) groups excluding carboxylic acids is 1. The predicted molar refractivity (Wildman–Crippen MR) is 84.1 cm³/mol. The summed E-state index contributed by atoms with van der Waals surface area (Å²) < 4.78 is 6.54. The van der Waals surface area contributed by atoms with Crippen molar-refractivity contribution in [2.45, 2.75) is 33.3 Å². The lowest BCUT2D eigenvalue weighted by atomic mass is 10.1. The van der Waals surface area contributed by atoms with E-state index < -0.39 is 11.7 Å². The van der Waals surface area contributed by atoms with Crippen molar-refractivity contribution < 1.29 is 9.53 Å². The van der Waals surface area contributed by atoms with Gasteiger partial charge in [0.25, 0.3) is 0 Å². The van der Waals surface area contributed by atoms with Crippen LogP contribution in [-0.4, -0.2) is 21.5 Å². The first kappa shape index (κ1) is 15.9. The number of aryl methyl sites for hydroxylation is 1. The van der Waals surface area contributed by atoms with Crippen LogP contribution in [0.3, 0.4) is 0 Å². The van der Waals surface area contributed by atoms with Crippen molar-refractivity contribution in [2.24, 2.45) is 0 Å². The van der Waals surface area contributed by atoms with Gasteiger partial charge in [0, 0.05) is 16.3 Å². The second-order valence-electron chi connectivity index (χ2n) is 5.69. The fourth-order valence-electron chi connectivity index (χ4n) is 1.79. The highest BCUT2D eigenvalue weighted by atomic mass is 35.5. The van der Waals surface area contributed by atoms with Crippen LogP contribution in [0.2, 0.25) is 10.0 Å². The van der Waals surface area contributed by atoms with Crippen molar-refractivity contribution in [3.05, 3.63) is 40.0 Å². The molecule has 0 atom stereocenters. The summed E-state index contributed by atoms with van der Waals surface area (Å²) in [6.45, 7) is 7.20. The molecule has 0 saturated heterocycles. The molecule has 1 aromatic heterocycles. The van der Waals surface area contributed by atoms with Crippen molar-refractivity contribution in [1.82, 2.24) is 9.78 Å². The lowest BCUT2D eigenvalue weighted by Gasteiger charge is -2.19. The third-order valence-corrected chi connectivity index (χ3v) is 3.21. The Bertz CT molecular complexity index is 687. The molecule has 2 aromatic rings. The molecule has 0 aliphatic rings. The Labute approximate surface area is 133 Å². The van der Waals surface area contributed by atoms with Gasteiger partial charge in [0.1, 0.15) is 5.60 Å². The van der Waals surface area contributed by atoms with E-state index in [-0.39, 0.29) is 0 Å². The van der Waals surface area contributed by atoms with E-state index in [9.17, 15) is 4.79 Å². The molecule has 1 heterocycles. The smallest absolute Gasteiger partial charge is 0.435 e. The third kappa shape index (κ3) is 3.77. The van der Waals surface area contributed by atoms with E-state index in [0.717, 1.165) is 0 Å². The molecule has 2 rings (SSSR count). The van der Waals surface area contributed by atoms with E-state index in [2.05, 4.69) is 5.10 Å². The van der Waals surface area contributed by atoms with Crippen LogP contribution in [0.15, 0.2) is 24.3 Å². The average Bonchev–Trinajstić information content (AvgIpc) is 2.68. The molecule has 6 heteroatoms. The predicted octanol–water partition coefficient (Wildman–Crippen LogP) is 4.95. The summed E-state index contributed by atoms with van der Waals surface area (Å²) in [5, 5.41) is 5.30. The maximum absolute atomic E-state index is 12.1. The van der Waals surface area contributed by atoms with Crippen molar-refractivity contribution in [1.29, 1.82) is 0 Å². The number of hydrogen-bond donors (Lipinski definition) is 0. The number of ether oxygens (including phenoxy) is 1. The average molecular weight is 327 g/mol. The van der Waals surface area contributed by atoms with Crippen LogP contribution in [0.25, 0.3) is 11.3 Å². The molecule has 0 bridgehead atoms. The molecule has 0 N–H and O–H groups in total. The van der Waals surface area contributed by atoms with Crippen molar-refractivity contribution in [3.8, 4) is 11.3 Å². The van der Waals surface area contributed by atoms with Gasteiger partial charge in [-0.3, -0.25) is 0 Å². The van der Waals surface area contributed by atoms with Crippen LogP contribution in [0.4, 0.5) is 4.79 Å². The molecule has 21 heavy (non-hydrogen) atoms. The van der Waals surface area contributed by atoms with Gasteiger partial charge in [-0.25, -0.2) is 4.79 Å². The van der Waals surface area contributed by atoms with Gasteiger partial charge in [-0.2, -0.15) is 9.78 Å². The molecule has 0 aliphatic carbocycles. The molecule has 1 aromatic carbocycles. The number of nitrogens with zero attached hydrogens (tertiary/aromatic N) is 2. The largest absolute Gasteiger partial charge is 0.442 e. The second-order valence-corrected chi connectivity index (χ2v) is 6.53. The molecule has 0 amide bonds. The van der Waals surface area contributed by atoms with Gasteiger partial charge in [0.2, 0.25) is 0 Å². The molecule has 0 aliphatic heterocycles. The van der Waals surface area contributed by atoms with E-state index in [4.69, 9.17) is 27.9 Å². The van der Waals surface area contributed by atoms with Gasteiger partial charge in [-0.15, -0.1) is 0 Å². The highest BCUT2D eigenvalue weighted by Crippen LogP contribution is 2.30. The van der Waals surface area contributed by atoms with Crippen molar-refractivity contribution >= 4 is 29.3 Å². The maximum atomic E-state index is 12.1. The van der Waals surface area contributed by atoms with Gasteiger partial charge >= 0.3 is 6.09 Å². The first-order chi connectivity index (χ1) is 9.67. The topological polar surface area (TPSA) is 44.1 Å². The monoisotopic (exact) mass is 326 g/mol. The van der Waals surface area contributed by atoms with Gasteiger partial charge in [-0.1, -0.05) is 23.2 Å². The Balaban J connectivity index is 2.37. The molecule has 0 spiro atoms. The summed E-state index contributed by atoms with van der Waals surface area (Å²) in [5.41, 5.74) is 1.41. The zero-order valence-electron chi connectivity index (χ0n) is 12.3. The third-order valence-electron chi connectivity index (χ3n) is 2.66. The molecule has 112 valence electrons. The first-order valence-corrected chi connectivity index (χ1v) is 7.18. The summed E-state index contributed by atoms with van der Waals surface area (Å²) in [5.74, 6) is 0. The standard InChI is InChI=1S/C15H16Cl2N2O2/c1-9-7-13(11-6-5-10(16)8-12(11)17)18-19(9)14(20)21-15(2,3)4/h5-8H,1-4H3. The second kappa shape index (κ2) is 5.70. The van der Waals surface area contributed by atoms with Gasteiger partial charge < -0.3 is 4.74 Å². The molecule has 4 nitrogen and oxygen atoms in total. The zero-order valence-corrected chi connectivity index (χ0v) is 13.8. The Hall–Kier alpha value is -1.52. The summed E-state index contributed by atoms with van der Waals surface area (Å²) >= 11 is 12.0. The minimum Gasteiger partial charge on any atom is -0.442 e. The summed E-state index contributed by atoms with van der Waals surface area (Å²) in [6, 6.07) is 6.91. The summed E-state index contributed by atoms with van der Waals surface area (Å²) in [6.07, 6.45) is -0.517. The Morgan fingerprint density at radius 1 is 1.24 bits per heavy atom. The highest BCUT2D eigenvalue weighted by molar-refractivity contribution is 6.36. The molecule has 0 saturated carbocycles. The van der Waals surface area contributed by atoms with Crippen molar-refractivity contribution in [3.63, 3.8) is 0 Å². The lowest BCUT2D eigenvalue weighted by molar-refractivity contribution is 0.0511. The van der Waals surface area contributed by atoms with Crippen LogP contribution < -0.4 is 0 Å². The number of halogens is 2. The SMILES string of the molecule is Cc1cc(-c2ccc(Cl)cc2Cl)nn1C(=O)OC(C)(C)C. The number of aromatic nitrogens is 2. The van der Waals surface area contributed by atoms with E-state index in [1.54, 1.807) is 52.0 Å². The molecule has 0 radical (unpaired) electrons. The Kier molecular flexibility index (Phi) is 4.30. The van der Waals surface area contributed by atoms with Gasteiger partial charge in [0.05, 0.1) is 10.7 Å². The lowest BCUT2D eigenvalue weighted by Crippen LogP contribution is -2.28. The van der Waals surface area contributed by atoms with Gasteiger partial charge in [-0.05, 0) is 52.0 Å². The minimum atomic E-state index is -0.576. The van der Waals surface area contributed by atoms with E-state index in [1.165, 1.54) is 4.68 Å². The summed E-state index contributed by atoms with van der Waals surface area (Å²) in [7, 11) is 0. The normalized spacial score (nSPS) is 11.5. The van der Waals surface area contributed by atoms with E-state index >= 15 is 0 Å². The van der Waals surface area contributed by atoms with E-state index in [0.29, 0.717) is 27.0 Å². The fraction of sp³-hybridized carbons (Fsp3) is 0.333. The molecular formula is C15H16Cl2N2O2. The Morgan fingerprint density at radius 3 is 2.48 bits per heavy atom. The number of carbonyl (C=O) groups is 1. The van der Waals surface area contributed by atoms with Gasteiger partial charge in [0.15, 0.2) is 0 Å². The molecule has 0 unspecified atom stereocenters. The Morgan fingerprint density at radius 2 is 1.90 bits per heavy atom. The number of rotatable bonds is 1. The zero-order chi connectivity index (χ0) is 15.8.